The van der Waals surface area contributed by atoms with Gasteiger partial charge in [-0.3, -0.25) is 0 Å². The van der Waals surface area contributed by atoms with Crippen LogP contribution in [0.2, 0.25) is 0 Å². The Morgan fingerprint density at radius 2 is 2.29 bits per heavy atom. The van der Waals surface area contributed by atoms with E-state index >= 15 is 0 Å². The summed E-state index contributed by atoms with van der Waals surface area (Å²) in [6.45, 7) is 5.17. The Morgan fingerprint density at radius 3 is 2.43 bits per heavy atom. The van der Waals surface area contributed by atoms with Gasteiger partial charge in [0.1, 0.15) is 0 Å². The Balaban J connectivity index is 3.17. The topological polar surface area (TPSA) is 12.0 Å². The zero-order chi connectivity index (χ0) is 5.70. The highest BCUT2D eigenvalue weighted by atomic mass is 14.8. The van der Waals surface area contributed by atoms with E-state index in [9.17, 15) is 0 Å². The van der Waals surface area contributed by atoms with Crippen molar-refractivity contribution >= 4 is 0 Å². The first kappa shape index (κ1) is 6.70. The van der Waals surface area contributed by atoms with Crippen LogP contribution in [-0.2, 0) is 0 Å². The Bertz CT molecular complexity index is 64.6. The SMILES string of the molecule is C/C=C(\C)CNC. The van der Waals surface area contributed by atoms with Crippen LogP contribution in [0.25, 0.3) is 0 Å². The van der Waals surface area contributed by atoms with E-state index in [2.05, 4.69) is 18.3 Å². The summed E-state index contributed by atoms with van der Waals surface area (Å²) in [6, 6.07) is 0. The number of hydrogen-bond acceptors (Lipinski definition) is 1. The highest BCUT2D eigenvalue weighted by Crippen LogP contribution is 1.84. The standard InChI is InChI=1S/C6H13N/c1-4-6(2)5-7-3/h4,7H,5H2,1-3H3/b6-4+. The second-order valence-electron chi connectivity index (χ2n) is 1.67. The molecule has 0 aliphatic rings. The van der Waals surface area contributed by atoms with Crippen molar-refractivity contribution in [3.63, 3.8) is 0 Å². The third-order valence-electron chi connectivity index (χ3n) is 0.948. The number of hydrogen-bond donors (Lipinski definition) is 1. The van der Waals surface area contributed by atoms with Crippen LogP contribution in [0.1, 0.15) is 13.8 Å². The van der Waals surface area contributed by atoms with Crippen LogP contribution in [-0.4, -0.2) is 13.6 Å². The molecular formula is C6H13N. The van der Waals surface area contributed by atoms with Gasteiger partial charge < -0.3 is 5.32 Å². The Labute approximate surface area is 45.4 Å². The molecule has 1 N–H and O–H groups in total. The zero-order valence-electron chi connectivity index (χ0n) is 5.28. The molecule has 42 valence electrons. The Morgan fingerprint density at radius 1 is 1.71 bits per heavy atom. The number of allylic oxidation sites excluding steroid dienone is 1. The highest BCUT2D eigenvalue weighted by molar-refractivity contribution is 4.96. The largest absolute Gasteiger partial charge is 0.316 e. The molecule has 0 aromatic carbocycles. The summed E-state index contributed by atoms with van der Waals surface area (Å²) in [5, 5.41) is 3.05. The van der Waals surface area contributed by atoms with Crippen LogP contribution >= 0.6 is 0 Å². The summed E-state index contributed by atoms with van der Waals surface area (Å²) in [7, 11) is 1.95. The summed E-state index contributed by atoms with van der Waals surface area (Å²) in [4.78, 5) is 0. The molecule has 0 atom stereocenters. The van der Waals surface area contributed by atoms with Crippen molar-refractivity contribution in [2.45, 2.75) is 13.8 Å². The summed E-state index contributed by atoms with van der Waals surface area (Å²) in [5.41, 5.74) is 1.39. The van der Waals surface area contributed by atoms with E-state index in [0.717, 1.165) is 6.54 Å². The summed E-state index contributed by atoms with van der Waals surface area (Å²) in [5.74, 6) is 0. The van der Waals surface area contributed by atoms with Crippen molar-refractivity contribution in [1.29, 1.82) is 0 Å². The molecule has 0 spiro atoms. The smallest absolute Gasteiger partial charge is 0.0158 e. The fraction of sp³-hybridized carbons (Fsp3) is 0.667. The minimum absolute atomic E-state index is 1.01. The molecule has 0 unspecified atom stereocenters. The van der Waals surface area contributed by atoms with Crippen LogP contribution in [0.4, 0.5) is 0 Å². The van der Waals surface area contributed by atoms with E-state index < -0.39 is 0 Å². The maximum Gasteiger partial charge on any atom is 0.0158 e. The predicted octanol–water partition coefficient (Wildman–Crippen LogP) is 1.17. The van der Waals surface area contributed by atoms with Gasteiger partial charge in [-0.15, -0.1) is 0 Å². The summed E-state index contributed by atoms with van der Waals surface area (Å²) >= 11 is 0. The molecule has 0 aliphatic carbocycles. The van der Waals surface area contributed by atoms with Crippen LogP contribution < -0.4 is 5.32 Å². The van der Waals surface area contributed by atoms with E-state index in [1.165, 1.54) is 5.57 Å². The molecule has 0 heterocycles. The first-order chi connectivity index (χ1) is 3.31. The van der Waals surface area contributed by atoms with Gasteiger partial charge in [0.25, 0.3) is 0 Å². The van der Waals surface area contributed by atoms with Crippen molar-refractivity contribution in [3.05, 3.63) is 11.6 Å². The van der Waals surface area contributed by atoms with Crippen molar-refractivity contribution in [1.82, 2.24) is 5.32 Å². The third-order valence-corrected chi connectivity index (χ3v) is 0.948. The first-order valence-corrected chi connectivity index (χ1v) is 2.57. The van der Waals surface area contributed by atoms with E-state index in [0.29, 0.717) is 0 Å². The van der Waals surface area contributed by atoms with Gasteiger partial charge >= 0.3 is 0 Å². The second-order valence-corrected chi connectivity index (χ2v) is 1.67. The van der Waals surface area contributed by atoms with Gasteiger partial charge in [-0.05, 0) is 20.9 Å². The van der Waals surface area contributed by atoms with E-state index in [4.69, 9.17) is 0 Å². The number of likely N-dealkylation sites (N-methyl/N-ethyl adjacent to an activating group) is 1. The second kappa shape index (κ2) is 3.88. The third kappa shape index (κ3) is 3.53. The lowest BCUT2D eigenvalue weighted by molar-refractivity contribution is 0.878. The fourth-order valence-corrected chi connectivity index (χ4v) is 0.381. The fourth-order valence-electron chi connectivity index (χ4n) is 0.381. The lowest BCUT2D eigenvalue weighted by atomic mass is 10.3. The van der Waals surface area contributed by atoms with Crippen LogP contribution in [0.15, 0.2) is 11.6 Å². The summed E-state index contributed by atoms with van der Waals surface area (Å²) < 4.78 is 0. The Kier molecular flexibility index (Phi) is 3.71. The highest BCUT2D eigenvalue weighted by Gasteiger charge is 1.78. The molecule has 0 amide bonds. The minimum atomic E-state index is 1.01. The molecule has 0 aliphatic heterocycles. The van der Waals surface area contributed by atoms with Gasteiger partial charge in [-0.1, -0.05) is 11.6 Å². The lowest BCUT2D eigenvalue weighted by Crippen LogP contribution is -2.07. The molecule has 1 heteroatoms. The molecule has 0 aromatic rings. The van der Waals surface area contributed by atoms with Crippen LogP contribution in [0, 0.1) is 0 Å². The maximum atomic E-state index is 3.05. The normalized spacial score (nSPS) is 12.1. The average Bonchev–Trinajstić information content (AvgIpc) is 1.68. The molecule has 0 saturated heterocycles. The van der Waals surface area contributed by atoms with Gasteiger partial charge in [0.2, 0.25) is 0 Å². The van der Waals surface area contributed by atoms with E-state index in [1.54, 1.807) is 0 Å². The minimum Gasteiger partial charge on any atom is -0.316 e. The first-order valence-electron chi connectivity index (χ1n) is 2.57. The molecule has 0 saturated carbocycles. The quantitative estimate of drug-likeness (QED) is 0.512. The van der Waals surface area contributed by atoms with Gasteiger partial charge in [0.05, 0.1) is 0 Å². The number of rotatable bonds is 2. The molecule has 0 radical (unpaired) electrons. The Hall–Kier alpha value is -0.300. The number of nitrogens with one attached hydrogen (secondary N) is 1. The lowest BCUT2D eigenvalue weighted by Gasteiger charge is -1.93. The molecular weight excluding hydrogens is 86.1 g/mol. The molecule has 7 heavy (non-hydrogen) atoms. The predicted molar refractivity (Wildman–Crippen MR) is 33.4 cm³/mol. The monoisotopic (exact) mass is 99.1 g/mol. The van der Waals surface area contributed by atoms with E-state index in [1.807, 2.05) is 14.0 Å². The van der Waals surface area contributed by atoms with Gasteiger partial charge in [0, 0.05) is 6.54 Å². The molecule has 0 bridgehead atoms. The molecule has 0 fully saturated rings. The van der Waals surface area contributed by atoms with Crippen LogP contribution in [0.3, 0.4) is 0 Å². The van der Waals surface area contributed by atoms with E-state index in [-0.39, 0.29) is 0 Å². The molecule has 1 nitrogen and oxygen atoms in total. The van der Waals surface area contributed by atoms with Crippen LogP contribution in [0.5, 0.6) is 0 Å². The van der Waals surface area contributed by atoms with Gasteiger partial charge in [-0.25, -0.2) is 0 Å². The maximum absolute atomic E-state index is 3.05. The summed E-state index contributed by atoms with van der Waals surface area (Å²) in [6.07, 6.45) is 2.11. The van der Waals surface area contributed by atoms with Gasteiger partial charge in [-0.2, -0.15) is 0 Å². The van der Waals surface area contributed by atoms with Gasteiger partial charge in [0.15, 0.2) is 0 Å². The zero-order valence-corrected chi connectivity index (χ0v) is 5.28. The van der Waals surface area contributed by atoms with Crippen molar-refractivity contribution in [2.24, 2.45) is 0 Å². The average molecular weight is 99.2 g/mol. The molecule has 0 aromatic heterocycles. The van der Waals surface area contributed by atoms with Crippen molar-refractivity contribution < 1.29 is 0 Å². The molecule has 0 rings (SSSR count). The van der Waals surface area contributed by atoms with Crippen molar-refractivity contribution in [3.8, 4) is 0 Å². The van der Waals surface area contributed by atoms with Crippen molar-refractivity contribution in [2.75, 3.05) is 13.6 Å².